The van der Waals surface area contributed by atoms with Crippen LogP contribution >= 0.6 is 24.0 Å². The number of para-hydroxylation sites is 1. The summed E-state index contributed by atoms with van der Waals surface area (Å²) >= 11 is 0. The van der Waals surface area contributed by atoms with Crippen LogP contribution in [0.1, 0.15) is 19.8 Å². The zero-order valence-electron chi connectivity index (χ0n) is 16.1. The number of aliphatic imine (C=N–C) groups is 1. The van der Waals surface area contributed by atoms with Gasteiger partial charge in [-0.25, -0.2) is 0 Å². The molecule has 1 unspecified atom stereocenters. The number of nitrogens with zero attached hydrogens (tertiary/aromatic N) is 2. The highest BCUT2D eigenvalue weighted by Crippen LogP contribution is 2.11. The molecule has 0 spiro atoms. The standard InChI is InChI=1S/C19H32N4O2.HI/c1-16(25-18-7-5-4-6-8-18)15-21-19(20-2)22-17-9-11-23(12-10-17)13-14-24-3;/h4-8,16-17H,9-15H2,1-3H3,(H2,20,21,22);1H. The first-order chi connectivity index (χ1) is 12.2. The fourth-order valence-electron chi connectivity index (χ4n) is 2.92. The molecule has 2 N–H and O–H groups in total. The number of guanidine groups is 1. The molecule has 1 fully saturated rings. The zero-order chi connectivity index (χ0) is 17.9. The molecule has 1 saturated heterocycles. The molecular weight excluding hydrogens is 443 g/mol. The average Bonchev–Trinajstić information content (AvgIpc) is 2.65. The summed E-state index contributed by atoms with van der Waals surface area (Å²) in [5.74, 6) is 1.74. The van der Waals surface area contributed by atoms with Gasteiger partial charge in [-0.2, -0.15) is 0 Å². The highest BCUT2D eigenvalue weighted by Gasteiger charge is 2.19. The number of likely N-dealkylation sites (tertiary alicyclic amines) is 1. The second-order valence-electron chi connectivity index (χ2n) is 6.45. The molecule has 2 rings (SSSR count). The lowest BCUT2D eigenvalue weighted by molar-refractivity contribution is 0.128. The van der Waals surface area contributed by atoms with E-state index in [1.165, 1.54) is 0 Å². The van der Waals surface area contributed by atoms with Crippen molar-refractivity contribution in [2.24, 2.45) is 4.99 Å². The van der Waals surface area contributed by atoms with Gasteiger partial charge in [0.25, 0.3) is 0 Å². The van der Waals surface area contributed by atoms with Gasteiger partial charge in [0.2, 0.25) is 0 Å². The lowest BCUT2D eigenvalue weighted by Gasteiger charge is -2.33. The Morgan fingerprint density at radius 2 is 1.96 bits per heavy atom. The molecular formula is C19H33IN4O2. The fourth-order valence-corrected chi connectivity index (χ4v) is 2.92. The molecule has 0 aliphatic carbocycles. The Morgan fingerprint density at radius 1 is 1.27 bits per heavy atom. The maximum absolute atomic E-state index is 5.89. The molecule has 7 heteroatoms. The van der Waals surface area contributed by atoms with Crippen molar-refractivity contribution in [1.82, 2.24) is 15.5 Å². The lowest BCUT2D eigenvalue weighted by atomic mass is 10.1. The van der Waals surface area contributed by atoms with Gasteiger partial charge in [0.15, 0.2) is 5.96 Å². The number of halogens is 1. The summed E-state index contributed by atoms with van der Waals surface area (Å²) in [5.41, 5.74) is 0. The third-order valence-corrected chi connectivity index (χ3v) is 4.40. The van der Waals surface area contributed by atoms with Gasteiger partial charge in [-0.05, 0) is 31.9 Å². The molecule has 148 valence electrons. The second-order valence-corrected chi connectivity index (χ2v) is 6.45. The average molecular weight is 476 g/mol. The van der Waals surface area contributed by atoms with Crippen molar-refractivity contribution in [3.8, 4) is 5.75 Å². The van der Waals surface area contributed by atoms with Crippen LogP contribution in [0.15, 0.2) is 35.3 Å². The van der Waals surface area contributed by atoms with Gasteiger partial charge in [0, 0.05) is 39.8 Å². The number of hydrogen-bond acceptors (Lipinski definition) is 4. The van der Waals surface area contributed by atoms with Gasteiger partial charge < -0.3 is 25.0 Å². The summed E-state index contributed by atoms with van der Waals surface area (Å²) in [7, 11) is 3.57. The first-order valence-electron chi connectivity index (χ1n) is 9.11. The summed E-state index contributed by atoms with van der Waals surface area (Å²) in [6.07, 6.45) is 2.32. The number of piperidine rings is 1. The summed E-state index contributed by atoms with van der Waals surface area (Å²) < 4.78 is 11.0. The first-order valence-corrected chi connectivity index (χ1v) is 9.11. The second kappa shape index (κ2) is 13.2. The Bertz CT molecular complexity index is 508. The van der Waals surface area contributed by atoms with Gasteiger partial charge in [0.1, 0.15) is 11.9 Å². The molecule has 1 aromatic carbocycles. The number of benzene rings is 1. The van der Waals surface area contributed by atoms with Crippen LogP contribution in [0.4, 0.5) is 0 Å². The largest absolute Gasteiger partial charge is 0.489 e. The van der Waals surface area contributed by atoms with E-state index in [1.807, 2.05) is 37.4 Å². The molecule has 0 bridgehead atoms. The summed E-state index contributed by atoms with van der Waals surface area (Å²) in [6.45, 7) is 6.80. The van der Waals surface area contributed by atoms with E-state index >= 15 is 0 Å². The van der Waals surface area contributed by atoms with Crippen LogP contribution in [0.3, 0.4) is 0 Å². The van der Waals surface area contributed by atoms with Crippen molar-refractivity contribution < 1.29 is 9.47 Å². The third-order valence-electron chi connectivity index (χ3n) is 4.40. The maximum atomic E-state index is 5.89. The van der Waals surface area contributed by atoms with Crippen molar-refractivity contribution in [3.05, 3.63) is 30.3 Å². The van der Waals surface area contributed by atoms with Crippen LogP contribution in [-0.4, -0.2) is 69.9 Å². The molecule has 6 nitrogen and oxygen atoms in total. The van der Waals surface area contributed by atoms with Crippen LogP contribution in [0, 0.1) is 0 Å². The van der Waals surface area contributed by atoms with Crippen molar-refractivity contribution in [1.29, 1.82) is 0 Å². The molecule has 1 aliphatic rings. The van der Waals surface area contributed by atoms with E-state index in [1.54, 1.807) is 7.11 Å². The van der Waals surface area contributed by atoms with Crippen molar-refractivity contribution in [2.45, 2.75) is 31.9 Å². The molecule has 0 aromatic heterocycles. The van der Waals surface area contributed by atoms with Gasteiger partial charge in [0.05, 0.1) is 13.2 Å². The summed E-state index contributed by atoms with van der Waals surface area (Å²) in [5, 5.41) is 6.89. The molecule has 1 aliphatic heterocycles. The number of ether oxygens (including phenoxy) is 2. The molecule has 1 aromatic rings. The van der Waals surface area contributed by atoms with E-state index in [0.29, 0.717) is 12.6 Å². The smallest absolute Gasteiger partial charge is 0.191 e. The van der Waals surface area contributed by atoms with Gasteiger partial charge in [-0.15, -0.1) is 24.0 Å². The van der Waals surface area contributed by atoms with Crippen LogP contribution in [-0.2, 0) is 4.74 Å². The first kappa shape index (κ1) is 23.0. The quantitative estimate of drug-likeness (QED) is 0.343. The van der Waals surface area contributed by atoms with E-state index < -0.39 is 0 Å². The van der Waals surface area contributed by atoms with E-state index in [-0.39, 0.29) is 30.1 Å². The molecule has 0 amide bonds. The molecule has 0 radical (unpaired) electrons. The number of methoxy groups -OCH3 is 1. The van der Waals surface area contributed by atoms with E-state index in [4.69, 9.17) is 9.47 Å². The maximum Gasteiger partial charge on any atom is 0.191 e. The predicted molar refractivity (Wildman–Crippen MR) is 118 cm³/mol. The Kier molecular flexibility index (Phi) is 11.6. The third kappa shape index (κ3) is 8.55. The number of rotatable bonds is 8. The van der Waals surface area contributed by atoms with Crippen LogP contribution < -0.4 is 15.4 Å². The Hall–Kier alpha value is -1.06. The molecule has 1 heterocycles. The molecule has 1 atom stereocenters. The van der Waals surface area contributed by atoms with Crippen LogP contribution in [0.25, 0.3) is 0 Å². The van der Waals surface area contributed by atoms with E-state index in [0.717, 1.165) is 50.8 Å². The highest BCUT2D eigenvalue weighted by molar-refractivity contribution is 14.0. The minimum Gasteiger partial charge on any atom is -0.489 e. The highest BCUT2D eigenvalue weighted by atomic mass is 127. The lowest BCUT2D eigenvalue weighted by Crippen LogP contribution is -2.50. The molecule has 26 heavy (non-hydrogen) atoms. The topological polar surface area (TPSA) is 58.1 Å². The molecule has 0 saturated carbocycles. The van der Waals surface area contributed by atoms with Gasteiger partial charge in [-0.1, -0.05) is 18.2 Å². The van der Waals surface area contributed by atoms with Crippen molar-refractivity contribution in [3.63, 3.8) is 0 Å². The summed E-state index contributed by atoms with van der Waals surface area (Å²) in [4.78, 5) is 6.79. The van der Waals surface area contributed by atoms with Crippen molar-refractivity contribution in [2.75, 3.05) is 46.9 Å². The van der Waals surface area contributed by atoms with E-state index in [2.05, 4.69) is 27.4 Å². The predicted octanol–water partition coefficient (Wildman–Crippen LogP) is 2.35. The normalized spacial score (nSPS) is 17.3. The Morgan fingerprint density at radius 3 is 2.58 bits per heavy atom. The van der Waals surface area contributed by atoms with Crippen LogP contribution in [0.2, 0.25) is 0 Å². The fraction of sp³-hybridized carbons (Fsp3) is 0.632. The van der Waals surface area contributed by atoms with Gasteiger partial charge >= 0.3 is 0 Å². The van der Waals surface area contributed by atoms with E-state index in [9.17, 15) is 0 Å². The zero-order valence-corrected chi connectivity index (χ0v) is 18.4. The van der Waals surface area contributed by atoms with Gasteiger partial charge in [-0.3, -0.25) is 4.99 Å². The van der Waals surface area contributed by atoms with Crippen molar-refractivity contribution >= 4 is 29.9 Å². The number of hydrogen-bond donors (Lipinski definition) is 2. The number of nitrogens with one attached hydrogen (secondary N) is 2. The summed E-state index contributed by atoms with van der Waals surface area (Å²) in [6, 6.07) is 10.4. The SMILES string of the molecule is CN=C(NCC(C)Oc1ccccc1)NC1CCN(CCOC)CC1.I. The monoisotopic (exact) mass is 476 g/mol. The minimum absolute atomic E-state index is 0. The van der Waals surface area contributed by atoms with Crippen LogP contribution in [0.5, 0.6) is 5.75 Å². The Balaban J connectivity index is 0.00000338. The minimum atomic E-state index is 0. The Labute approximate surface area is 174 Å².